The van der Waals surface area contributed by atoms with Gasteiger partial charge in [0.2, 0.25) is 0 Å². The van der Waals surface area contributed by atoms with Crippen molar-refractivity contribution >= 4 is 49.2 Å². The SMILES string of the molecule is CC(C)(C)c1ccc(-n2c3ccccc3c3ccc(-c4ccc(-n5c6ccccc6c6cc7c(cc65)C5=C(CCC=C5)C7(C)C)cc4)cc32)cc1. The van der Waals surface area contributed by atoms with Crippen LogP contribution in [0.2, 0.25) is 0 Å². The molecular weight excluding hydrogens is 617 g/mol. The number of hydrogen-bond acceptors (Lipinski definition) is 0. The molecular formula is C49H42N2. The van der Waals surface area contributed by atoms with Gasteiger partial charge in [0, 0.05) is 38.3 Å². The second-order valence-corrected chi connectivity index (χ2v) is 16.2. The Morgan fingerprint density at radius 1 is 0.549 bits per heavy atom. The van der Waals surface area contributed by atoms with Crippen LogP contribution in [0.1, 0.15) is 64.2 Å². The van der Waals surface area contributed by atoms with E-state index < -0.39 is 0 Å². The summed E-state index contributed by atoms with van der Waals surface area (Å²) >= 11 is 0. The third kappa shape index (κ3) is 4.42. The molecule has 2 heterocycles. The number of nitrogens with zero attached hydrogens (tertiary/aromatic N) is 2. The van der Waals surface area contributed by atoms with Crippen LogP contribution >= 0.6 is 0 Å². The number of allylic oxidation sites excluding steroid dienone is 4. The molecule has 0 N–H and O–H groups in total. The summed E-state index contributed by atoms with van der Waals surface area (Å²) in [4.78, 5) is 0. The molecule has 0 unspecified atom stereocenters. The van der Waals surface area contributed by atoms with Crippen LogP contribution in [0.4, 0.5) is 0 Å². The highest BCUT2D eigenvalue weighted by atomic mass is 15.0. The van der Waals surface area contributed by atoms with E-state index in [1.807, 2.05) is 0 Å². The summed E-state index contributed by atoms with van der Waals surface area (Å²) in [6.07, 6.45) is 7.01. The molecule has 0 bridgehead atoms. The summed E-state index contributed by atoms with van der Waals surface area (Å²) in [5, 5.41) is 5.20. The lowest BCUT2D eigenvalue weighted by molar-refractivity contribution is 0.590. The number of fused-ring (bicyclic) bond motifs is 8. The smallest absolute Gasteiger partial charge is 0.0547 e. The van der Waals surface area contributed by atoms with Crippen LogP contribution in [0.5, 0.6) is 0 Å². The maximum absolute atomic E-state index is 2.50. The second kappa shape index (κ2) is 10.7. The predicted molar refractivity (Wildman–Crippen MR) is 218 cm³/mol. The van der Waals surface area contributed by atoms with Gasteiger partial charge in [-0.25, -0.2) is 0 Å². The number of benzene rings is 6. The summed E-state index contributed by atoms with van der Waals surface area (Å²) in [6, 6.07) is 47.9. The van der Waals surface area contributed by atoms with Gasteiger partial charge in [-0.2, -0.15) is 0 Å². The van der Waals surface area contributed by atoms with Gasteiger partial charge in [0.05, 0.1) is 22.1 Å². The fraction of sp³-hybridized carbons (Fsp3) is 0.184. The van der Waals surface area contributed by atoms with Crippen molar-refractivity contribution in [3.8, 4) is 22.5 Å². The van der Waals surface area contributed by atoms with Gasteiger partial charge in [-0.05, 0) is 106 Å². The highest BCUT2D eigenvalue weighted by molar-refractivity contribution is 6.12. The minimum Gasteiger partial charge on any atom is -0.309 e. The summed E-state index contributed by atoms with van der Waals surface area (Å²) in [6.45, 7) is 11.6. The molecule has 2 nitrogen and oxygen atoms in total. The fourth-order valence-corrected chi connectivity index (χ4v) is 9.10. The van der Waals surface area contributed by atoms with Crippen molar-refractivity contribution in [1.29, 1.82) is 0 Å². The molecule has 2 aromatic heterocycles. The van der Waals surface area contributed by atoms with Crippen LogP contribution < -0.4 is 0 Å². The lowest BCUT2D eigenvalue weighted by Gasteiger charge is -2.25. The molecule has 2 heteroatoms. The maximum atomic E-state index is 2.50. The van der Waals surface area contributed by atoms with Crippen molar-refractivity contribution in [3.05, 3.63) is 162 Å². The number of aromatic nitrogens is 2. The highest BCUT2D eigenvalue weighted by Gasteiger charge is 2.38. The van der Waals surface area contributed by atoms with E-state index in [0.29, 0.717) is 0 Å². The van der Waals surface area contributed by atoms with Gasteiger partial charge in [-0.1, -0.05) is 125 Å². The van der Waals surface area contributed by atoms with E-state index in [2.05, 4.69) is 183 Å². The highest BCUT2D eigenvalue weighted by Crippen LogP contribution is 2.52. The molecule has 0 spiro atoms. The molecule has 2 aliphatic carbocycles. The first-order valence-electron chi connectivity index (χ1n) is 18.4. The van der Waals surface area contributed by atoms with E-state index in [1.165, 1.54) is 88.4 Å². The molecule has 0 atom stereocenters. The fourth-order valence-electron chi connectivity index (χ4n) is 9.10. The van der Waals surface area contributed by atoms with Gasteiger partial charge >= 0.3 is 0 Å². The predicted octanol–water partition coefficient (Wildman–Crippen LogP) is 13.2. The minimum atomic E-state index is 0.0527. The molecule has 0 fully saturated rings. The zero-order valence-electron chi connectivity index (χ0n) is 30.1. The molecule has 8 aromatic rings. The summed E-state index contributed by atoms with van der Waals surface area (Å²) in [5.74, 6) is 0. The van der Waals surface area contributed by atoms with Crippen molar-refractivity contribution in [2.45, 2.75) is 58.3 Å². The van der Waals surface area contributed by atoms with Crippen LogP contribution in [0.3, 0.4) is 0 Å². The van der Waals surface area contributed by atoms with Gasteiger partial charge in [0.1, 0.15) is 0 Å². The zero-order chi connectivity index (χ0) is 34.6. The van der Waals surface area contributed by atoms with Gasteiger partial charge in [0.25, 0.3) is 0 Å². The molecule has 0 saturated heterocycles. The standard InChI is InChI=1S/C49H42N2/c1-48(2,3)33-21-25-35(26-22-33)50-44-16-10-7-13-37(44)39-27-20-32(28-46(39)50)31-18-23-34(24-19-31)51-45-17-11-8-14-38(45)41-29-43-40(30-47(41)51)36-12-6-9-15-42(36)49(43,4)5/h6-8,10-14,16-30H,9,15H2,1-5H3. The van der Waals surface area contributed by atoms with Gasteiger partial charge in [-0.15, -0.1) is 0 Å². The van der Waals surface area contributed by atoms with Crippen molar-refractivity contribution in [2.75, 3.05) is 0 Å². The molecule has 0 saturated carbocycles. The van der Waals surface area contributed by atoms with Crippen LogP contribution in [-0.4, -0.2) is 9.13 Å². The number of rotatable bonds is 3. The Bertz CT molecular complexity index is 2770. The average molecular weight is 659 g/mol. The summed E-state index contributed by atoms with van der Waals surface area (Å²) in [5.41, 5.74) is 17.2. The van der Waals surface area contributed by atoms with E-state index in [0.717, 1.165) is 12.8 Å². The van der Waals surface area contributed by atoms with Gasteiger partial charge in [0.15, 0.2) is 0 Å². The van der Waals surface area contributed by atoms with Gasteiger partial charge < -0.3 is 9.13 Å². The Morgan fingerprint density at radius 2 is 1.12 bits per heavy atom. The summed E-state index contributed by atoms with van der Waals surface area (Å²) in [7, 11) is 0. The number of hydrogen-bond donors (Lipinski definition) is 0. The molecule has 6 aromatic carbocycles. The first-order valence-corrected chi connectivity index (χ1v) is 18.4. The first-order chi connectivity index (χ1) is 24.7. The monoisotopic (exact) mass is 658 g/mol. The normalized spacial score (nSPS) is 15.4. The topological polar surface area (TPSA) is 9.86 Å². The lowest BCUT2D eigenvalue weighted by atomic mass is 9.78. The third-order valence-electron chi connectivity index (χ3n) is 11.8. The van der Waals surface area contributed by atoms with E-state index in [9.17, 15) is 0 Å². The van der Waals surface area contributed by atoms with E-state index in [4.69, 9.17) is 0 Å². The van der Waals surface area contributed by atoms with Crippen LogP contribution in [0, 0.1) is 0 Å². The lowest BCUT2D eigenvalue weighted by Crippen LogP contribution is -2.17. The van der Waals surface area contributed by atoms with Crippen LogP contribution in [0.15, 0.2) is 145 Å². The van der Waals surface area contributed by atoms with E-state index >= 15 is 0 Å². The quantitative estimate of drug-likeness (QED) is 0.179. The number of para-hydroxylation sites is 2. The molecule has 2 aliphatic rings. The third-order valence-corrected chi connectivity index (χ3v) is 11.8. The molecule has 0 amide bonds. The van der Waals surface area contributed by atoms with Crippen LogP contribution in [0.25, 0.3) is 71.7 Å². The average Bonchev–Trinajstić information content (AvgIpc) is 3.73. The second-order valence-electron chi connectivity index (χ2n) is 16.2. The Kier molecular flexibility index (Phi) is 6.35. The zero-order valence-corrected chi connectivity index (χ0v) is 30.1. The van der Waals surface area contributed by atoms with Gasteiger partial charge in [-0.3, -0.25) is 0 Å². The molecule has 248 valence electrons. The van der Waals surface area contributed by atoms with Crippen molar-refractivity contribution in [1.82, 2.24) is 9.13 Å². The molecule has 51 heavy (non-hydrogen) atoms. The Labute approximate surface area is 300 Å². The Balaban J connectivity index is 1.10. The maximum Gasteiger partial charge on any atom is 0.0547 e. The largest absolute Gasteiger partial charge is 0.309 e. The molecule has 10 rings (SSSR count). The summed E-state index contributed by atoms with van der Waals surface area (Å²) < 4.78 is 4.89. The Hall–Kier alpha value is -5.60. The molecule has 0 aliphatic heterocycles. The van der Waals surface area contributed by atoms with Crippen molar-refractivity contribution < 1.29 is 0 Å². The van der Waals surface area contributed by atoms with Crippen LogP contribution in [-0.2, 0) is 10.8 Å². The van der Waals surface area contributed by atoms with Crippen molar-refractivity contribution in [2.24, 2.45) is 0 Å². The van der Waals surface area contributed by atoms with E-state index in [1.54, 1.807) is 5.57 Å². The Morgan fingerprint density at radius 3 is 1.78 bits per heavy atom. The van der Waals surface area contributed by atoms with Crippen molar-refractivity contribution in [3.63, 3.8) is 0 Å². The minimum absolute atomic E-state index is 0.0527. The molecule has 0 radical (unpaired) electrons. The van der Waals surface area contributed by atoms with E-state index in [-0.39, 0.29) is 10.8 Å². The first kappa shape index (κ1) is 30.2.